The van der Waals surface area contributed by atoms with Crippen molar-refractivity contribution in [2.45, 2.75) is 20.4 Å². The van der Waals surface area contributed by atoms with Crippen LogP contribution < -0.4 is 5.32 Å². The van der Waals surface area contributed by atoms with E-state index in [-0.39, 0.29) is 5.41 Å². The molecule has 1 aromatic rings. The molecule has 0 bridgehead atoms. The van der Waals surface area contributed by atoms with Gasteiger partial charge in [-0.05, 0) is 24.6 Å². The highest BCUT2D eigenvalue weighted by Gasteiger charge is 2.33. The summed E-state index contributed by atoms with van der Waals surface area (Å²) in [5, 5.41) is 4.48. The van der Waals surface area contributed by atoms with Gasteiger partial charge in [0.1, 0.15) is 0 Å². The van der Waals surface area contributed by atoms with E-state index in [0.717, 1.165) is 44.4 Å². The molecule has 0 aromatic heterocycles. The first kappa shape index (κ1) is 17.4. The van der Waals surface area contributed by atoms with Crippen LogP contribution in [-0.4, -0.2) is 44.2 Å². The molecule has 6 heteroatoms. The van der Waals surface area contributed by atoms with Crippen molar-refractivity contribution in [2.75, 3.05) is 33.4 Å². The highest BCUT2D eigenvalue weighted by molar-refractivity contribution is 6.42. The summed E-state index contributed by atoms with van der Waals surface area (Å²) in [7, 11) is 2.02. The third kappa shape index (κ3) is 4.51. The molecule has 1 N–H and O–H groups in total. The number of hydrogen-bond donors (Lipinski definition) is 1. The maximum atomic E-state index is 6.08. The molecule has 0 amide bonds. The number of rotatable bonds is 5. The second-order valence-corrected chi connectivity index (χ2v) is 6.89. The number of nitrogens with one attached hydrogen (secondary N) is 1. The first-order valence-corrected chi connectivity index (χ1v) is 8.20. The van der Waals surface area contributed by atoms with Crippen molar-refractivity contribution in [2.24, 2.45) is 10.4 Å². The Hall–Kier alpha value is -0.970. The van der Waals surface area contributed by atoms with E-state index in [1.54, 1.807) is 0 Å². The highest BCUT2D eigenvalue weighted by Crippen LogP contribution is 2.27. The van der Waals surface area contributed by atoms with Crippen LogP contribution in [-0.2, 0) is 11.3 Å². The number of guanidine groups is 1. The molecule has 0 unspecified atom stereocenters. The van der Waals surface area contributed by atoms with Crippen LogP contribution in [0.3, 0.4) is 0 Å². The van der Waals surface area contributed by atoms with Gasteiger partial charge in [-0.15, -0.1) is 0 Å². The molecule has 1 aliphatic heterocycles. The number of hydrogen-bond acceptors (Lipinski definition) is 2. The lowest BCUT2D eigenvalue weighted by Crippen LogP contribution is -2.44. The Bertz CT molecular complexity index is 544. The largest absolute Gasteiger partial charge is 0.380 e. The molecule has 22 heavy (non-hydrogen) atoms. The van der Waals surface area contributed by atoms with E-state index in [1.165, 1.54) is 0 Å². The minimum absolute atomic E-state index is 0.172. The molecule has 4 nitrogen and oxygen atoms in total. The zero-order chi connectivity index (χ0) is 16.2. The first-order chi connectivity index (χ1) is 10.4. The Balaban J connectivity index is 2.03. The van der Waals surface area contributed by atoms with Crippen LogP contribution in [0, 0.1) is 5.41 Å². The number of ether oxygens (including phenoxy) is 1. The molecular weight excluding hydrogens is 321 g/mol. The third-order valence-corrected chi connectivity index (χ3v) is 4.35. The topological polar surface area (TPSA) is 36.9 Å². The van der Waals surface area contributed by atoms with Crippen molar-refractivity contribution < 1.29 is 4.74 Å². The van der Waals surface area contributed by atoms with Gasteiger partial charge in [-0.2, -0.15) is 0 Å². The molecule has 0 radical (unpaired) electrons. The quantitative estimate of drug-likeness (QED) is 0.657. The number of benzene rings is 1. The molecule has 0 atom stereocenters. The van der Waals surface area contributed by atoms with E-state index < -0.39 is 0 Å². The zero-order valence-electron chi connectivity index (χ0n) is 13.3. The van der Waals surface area contributed by atoms with E-state index in [9.17, 15) is 0 Å². The van der Waals surface area contributed by atoms with Gasteiger partial charge >= 0.3 is 0 Å². The summed E-state index contributed by atoms with van der Waals surface area (Å²) in [4.78, 5) is 6.82. The lowest BCUT2D eigenvalue weighted by atomic mass is 9.89. The predicted molar refractivity (Wildman–Crippen MR) is 92.8 cm³/mol. The smallest absolute Gasteiger partial charge is 0.193 e. The minimum atomic E-state index is 0.172. The van der Waals surface area contributed by atoms with Gasteiger partial charge in [0.05, 0.1) is 29.8 Å². The van der Waals surface area contributed by atoms with Crippen molar-refractivity contribution in [1.29, 1.82) is 0 Å². The Morgan fingerprint density at radius 1 is 1.36 bits per heavy atom. The second-order valence-electron chi connectivity index (χ2n) is 6.08. The van der Waals surface area contributed by atoms with Crippen molar-refractivity contribution in [3.63, 3.8) is 0 Å². The van der Waals surface area contributed by atoms with Gasteiger partial charge in [0.25, 0.3) is 0 Å². The van der Waals surface area contributed by atoms with Crippen LogP contribution >= 0.6 is 23.2 Å². The average molecular weight is 344 g/mol. The predicted octanol–water partition coefficient (Wildman–Crippen LogP) is 3.43. The zero-order valence-corrected chi connectivity index (χ0v) is 14.8. The van der Waals surface area contributed by atoms with E-state index in [1.807, 2.05) is 25.2 Å². The summed E-state index contributed by atoms with van der Waals surface area (Å²) < 4.78 is 5.28. The fourth-order valence-corrected chi connectivity index (χ4v) is 2.58. The van der Waals surface area contributed by atoms with Crippen molar-refractivity contribution in [1.82, 2.24) is 10.2 Å². The summed E-state index contributed by atoms with van der Waals surface area (Å²) in [6, 6.07) is 5.70. The van der Waals surface area contributed by atoms with Crippen LogP contribution in [0.25, 0.3) is 0 Å². The van der Waals surface area contributed by atoms with Gasteiger partial charge < -0.3 is 15.0 Å². The van der Waals surface area contributed by atoms with Gasteiger partial charge in [-0.25, -0.2) is 0 Å². The van der Waals surface area contributed by atoms with E-state index >= 15 is 0 Å². The molecule has 1 saturated heterocycles. The molecule has 0 spiro atoms. The number of nitrogens with zero attached hydrogens (tertiary/aromatic N) is 2. The normalized spacial score (nSPS) is 17.0. The maximum Gasteiger partial charge on any atom is 0.193 e. The van der Waals surface area contributed by atoms with Gasteiger partial charge in [-0.1, -0.05) is 36.2 Å². The summed E-state index contributed by atoms with van der Waals surface area (Å²) in [6.07, 6.45) is 0. The van der Waals surface area contributed by atoms with Crippen molar-refractivity contribution in [3.8, 4) is 0 Å². The highest BCUT2D eigenvalue weighted by atomic mass is 35.5. The van der Waals surface area contributed by atoms with Gasteiger partial charge in [0.15, 0.2) is 5.96 Å². The molecule has 1 aliphatic rings. The molecule has 1 heterocycles. The standard InChI is InChI=1S/C16H23Cl2N3O/c1-4-19-15(20-9-16(2)10-22-11-16)21(3)8-12-5-6-13(17)14(18)7-12/h5-7H,4,8-11H2,1-3H3,(H,19,20). The lowest BCUT2D eigenvalue weighted by Gasteiger charge is -2.37. The minimum Gasteiger partial charge on any atom is -0.380 e. The maximum absolute atomic E-state index is 6.08. The fraction of sp³-hybridized carbons (Fsp3) is 0.562. The fourth-order valence-electron chi connectivity index (χ4n) is 2.26. The van der Waals surface area contributed by atoms with Crippen LogP contribution in [0.2, 0.25) is 10.0 Å². The van der Waals surface area contributed by atoms with Crippen LogP contribution in [0.4, 0.5) is 0 Å². The lowest BCUT2D eigenvalue weighted by molar-refractivity contribution is -0.0946. The number of aliphatic imine (C=N–C) groups is 1. The molecule has 0 aliphatic carbocycles. The van der Waals surface area contributed by atoms with Crippen LogP contribution in [0.15, 0.2) is 23.2 Å². The van der Waals surface area contributed by atoms with E-state index in [4.69, 9.17) is 32.9 Å². The average Bonchev–Trinajstić information content (AvgIpc) is 2.45. The van der Waals surface area contributed by atoms with Crippen LogP contribution in [0.5, 0.6) is 0 Å². The monoisotopic (exact) mass is 343 g/mol. The van der Waals surface area contributed by atoms with E-state index in [2.05, 4.69) is 24.1 Å². The third-order valence-electron chi connectivity index (χ3n) is 3.61. The van der Waals surface area contributed by atoms with Crippen LogP contribution in [0.1, 0.15) is 19.4 Å². The molecule has 1 fully saturated rings. The van der Waals surface area contributed by atoms with E-state index in [0.29, 0.717) is 10.0 Å². The molecule has 122 valence electrons. The van der Waals surface area contributed by atoms with Gasteiger partial charge in [0.2, 0.25) is 0 Å². The summed E-state index contributed by atoms with van der Waals surface area (Å²) in [6.45, 7) is 8.15. The molecule has 1 aromatic carbocycles. The van der Waals surface area contributed by atoms with Gasteiger partial charge in [0, 0.05) is 25.6 Å². The van der Waals surface area contributed by atoms with Gasteiger partial charge in [-0.3, -0.25) is 4.99 Å². The summed E-state index contributed by atoms with van der Waals surface area (Å²) in [5.74, 6) is 0.890. The van der Waals surface area contributed by atoms with Crippen molar-refractivity contribution >= 4 is 29.2 Å². The Morgan fingerprint density at radius 2 is 2.09 bits per heavy atom. The summed E-state index contributed by atoms with van der Waals surface area (Å²) >= 11 is 12.0. The Morgan fingerprint density at radius 3 is 2.64 bits per heavy atom. The SMILES string of the molecule is CCNC(=NCC1(C)COC1)N(C)Cc1ccc(Cl)c(Cl)c1. The Labute approximate surface area is 142 Å². The first-order valence-electron chi connectivity index (χ1n) is 7.45. The summed E-state index contributed by atoms with van der Waals surface area (Å²) in [5.41, 5.74) is 1.27. The molecule has 0 saturated carbocycles. The second kappa shape index (κ2) is 7.53. The Kier molecular flexibility index (Phi) is 5.95. The molecule has 2 rings (SSSR count). The number of halogens is 2. The van der Waals surface area contributed by atoms with Crippen molar-refractivity contribution in [3.05, 3.63) is 33.8 Å². The molecular formula is C16H23Cl2N3O.